The molecule has 1 aliphatic heterocycles. The second kappa shape index (κ2) is 7.28. The van der Waals surface area contributed by atoms with Gasteiger partial charge < -0.3 is 9.84 Å². The number of alkyl halides is 3. The summed E-state index contributed by atoms with van der Waals surface area (Å²) in [7, 11) is 0. The van der Waals surface area contributed by atoms with Crippen LogP contribution in [0.4, 0.5) is 18.9 Å². The van der Waals surface area contributed by atoms with Crippen LogP contribution < -0.4 is 4.74 Å². The maximum atomic E-state index is 13.2. The molecule has 1 amide bonds. The third-order valence-corrected chi connectivity index (χ3v) is 3.68. The Morgan fingerprint density at radius 2 is 2.04 bits per heavy atom. The predicted octanol–water partition coefficient (Wildman–Crippen LogP) is 2.61. The second-order valence-corrected chi connectivity index (χ2v) is 5.65. The van der Waals surface area contributed by atoms with Gasteiger partial charge in [0.05, 0.1) is 4.92 Å². The zero-order valence-corrected chi connectivity index (χ0v) is 13.7. The lowest BCUT2D eigenvalue weighted by Gasteiger charge is -2.32. The molecule has 8 nitrogen and oxygen atoms in total. The monoisotopic (exact) mass is 375 g/mol. The van der Waals surface area contributed by atoms with Crippen molar-refractivity contribution in [2.45, 2.75) is 38.1 Å². The van der Waals surface area contributed by atoms with Gasteiger partial charge in [0.25, 0.3) is 17.3 Å². The Bertz CT molecular complexity index is 720. The molecule has 1 N–H and O–H groups in total. The minimum atomic E-state index is -5.09. The van der Waals surface area contributed by atoms with E-state index in [1.54, 1.807) is 6.92 Å². The molecule has 2 rings (SSSR count). The van der Waals surface area contributed by atoms with Gasteiger partial charge >= 0.3 is 6.18 Å². The summed E-state index contributed by atoms with van der Waals surface area (Å²) >= 11 is 0. The summed E-state index contributed by atoms with van der Waals surface area (Å²) in [5, 5.41) is 24.2. The van der Waals surface area contributed by atoms with Gasteiger partial charge in [0, 0.05) is 24.3 Å². The van der Waals surface area contributed by atoms with Crippen molar-refractivity contribution in [3.63, 3.8) is 0 Å². The predicted molar refractivity (Wildman–Crippen MR) is 83.4 cm³/mol. The number of hydrazone groups is 1. The Morgan fingerprint density at radius 1 is 1.42 bits per heavy atom. The van der Waals surface area contributed by atoms with E-state index >= 15 is 0 Å². The number of non-ortho nitro benzene ring substituents is 1. The number of amides is 1. The van der Waals surface area contributed by atoms with Gasteiger partial charge in [-0.05, 0) is 18.6 Å². The lowest BCUT2D eigenvalue weighted by atomic mass is 10.0. The van der Waals surface area contributed by atoms with Crippen LogP contribution in [-0.4, -0.2) is 45.2 Å². The third kappa shape index (κ3) is 3.93. The Morgan fingerprint density at radius 3 is 2.54 bits per heavy atom. The molecule has 0 radical (unpaired) electrons. The van der Waals surface area contributed by atoms with Crippen LogP contribution in [0, 0.1) is 10.1 Å². The highest BCUT2D eigenvalue weighted by Gasteiger charge is 2.63. The Balaban J connectivity index is 2.11. The van der Waals surface area contributed by atoms with Crippen LogP contribution in [0.15, 0.2) is 29.4 Å². The average Bonchev–Trinajstić information content (AvgIpc) is 2.91. The molecule has 0 fully saturated rings. The largest absolute Gasteiger partial charge is 0.484 e. The van der Waals surface area contributed by atoms with E-state index in [1.165, 1.54) is 12.1 Å². The number of aliphatic hydroxyl groups is 1. The van der Waals surface area contributed by atoms with Gasteiger partial charge in [-0.3, -0.25) is 14.9 Å². The van der Waals surface area contributed by atoms with E-state index in [9.17, 15) is 33.2 Å². The van der Waals surface area contributed by atoms with Gasteiger partial charge in [0.1, 0.15) is 5.75 Å². The van der Waals surface area contributed by atoms with E-state index in [0.29, 0.717) is 6.42 Å². The van der Waals surface area contributed by atoms with Crippen molar-refractivity contribution in [3.05, 3.63) is 34.4 Å². The normalized spacial score (nSPS) is 20.0. The van der Waals surface area contributed by atoms with E-state index in [4.69, 9.17) is 4.74 Å². The zero-order chi connectivity index (χ0) is 19.5. The van der Waals surface area contributed by atoms with Crippen LogP contribution in [0.5, 0.6) is 5.75 Å². The number of nitro benzene ring substituents is 1. The highest BCUT2D eigenvalue weighted by Crippen LogP contribution is 2.40. The van der Waals surface area contributed by atoms with Crippen LogP contribution in [0.2, 0.25) is 0 Å². The molecular weight excluding hydrogens is 359 g/mol. The molecule has 1 aliphatic rings. The maximum absolute atomic E-state index is 13.2. The van der Waals surface area contributed by atoms with Gasteiger partial charge in [-0.15, -0.1) is 0 Å². The number of nitrogens with zero attached hydrogens (tertiary/aromatic N) is 3. The molecular formula is C15H16F3N3O5. The fraction of sp³-hybridized carbons (Fsp3) is 0.467. The van der Waals surface area contributed by atoms with Gasteiger partial charge in [-0.1, -0.05) is 13.3 Å². The van der Waals surface area contributed by atoms with Crippen molar-refractivity contribution < 1.29 is 32.7 Å². The molecule has 1 atom stereocenters. The van der Waals surface area contributed by atoms with Crippen molar-refractivity contribution in [1.82, 2.24) is 5.01 Å². The summed E-state index contributed by atoms with van der Waals surface area (Å²) in [5.74, 6) is -1.13. The lowest BCUT2D eigenvalue weighted by molar-refractivity contribution is -0.384. The van der Waals surface area contributed by atoms with Crippen molar-refractivity contribution in [2.24, 2.45) is 5.10 Å². The molecule has 0 aromatic heterocycles. The van der Waals surface area contributed by atoms with Gasteiger partial charge in [0.15, 0.2) is 6.61 Å². The Labute approximate surface area is 146 Å². The molecule has 11 heteroatoms. The standard InChI is InChI=1S/C15H16F3N3O5/c1-2-3-10-8-14(23,15(16,17)18)20(19-10)13(22)9-26-12-6-4-11(5-7-12)21(24)25/h4-7,23H,2-3,8-9H2,1H3. The second-order valence-electron chi connectivity index (χ2n) is 5.65. The first-order chi connectivity index (χ1) is 12.1. The summed E-state index contributed by atoms with van der Waals surface area (Å²) in [5.41, 5.74) is -3.55. The molecule has 1 aromatic carbocycles. The number of carbonyl (C=O) groups excluding carboxylic acids is 1. The summed E-state index contributed by atoms with van der Waals surface area (Å²) in [6.45, 7) is 0.913. The Kier molecular flexibility index (Phi) is 5.50. The first-order valence-corrected chi connectivity index (χ1v) is 7.64. The molecule has 0 aliphatic carbocycles. The first kappa shape index (κ1) is 19.6. The molecule has 1 aromatic rings. The van der Waals surface area contributed by atoms with E-state index in [-0.39, 0.29) is 28.6 Å². The summed E-state index contributed by atoms with van der Waals surface area (Å²) in [4.78, 5) is 22.1. The fourth-order valence-electron chi connectivity index (χ4n) is 2.40. The van der Waals surface area contributed by atoms with E-state index < -0.39 is 35.8 Å². The number of carbonyl (C=O) groups is 1. The summed E-state index contributed by atoms with van der Waals surface area (Å²) in [6, 6.07) is 4.66. The van der Waals surface area contributed by atoms with Gasteiger partial charge in [0.2, 0.25) is 0 Å². The van der Waals surface area contributed by atoms with E-state index in [2.05, 4.69) is 5.10 Å². The van der Waals surface area contributed by atoms with Crippen molar-refractivity contribution in [2.75, 3.05) is 6.61 Å². The van der Waals surface area contributed by atoms with Crippen LogP contribution >= 0.6 is 0 Å². The van der Waals surface area contributed by atoms with Gasteiger partial charge in [-0.25, -0.2) is 0 Å². The first-order valence-electron chi connectivity index (χ1n) is 7.64. The molecule has 1 unspecified atom stereocenters. The number of ether oxygens (including phenoxy) is 1. The minimum Gasteiger partial charge on any atom is -0.484 e. The van der Waals surface area contributed by atoms with E-state index in [1.807, 2.05) is 0 Å². The van der Waals surface area contributed by atoms with Crippen molar-refractivity contribution in [1.29, 1.82) is 0 Å². The number of halogens is 3. The van der Waals surface area contributed by atoms with Crippen LogP contribution in [0.25, 0.3) is 0 Å². The number of benzene rings is 1. The highest BCUT2D eigenvalue weighted by molar-refractivity contribution is 5.91. The summed E-state index contributed by atoms with van der Waals surface area (Å²) in [6.07, 6.45) is -5.18. The third-order valence-electron chi connectivity index (χ3n) is 3.68. The highest BCUT2D eigenvalue weighted by atomic mass is 19.4. The Hall–Kier alpha value is -2.69. The van der Waals surface area contributed by atoms with Crippen LogP contribution in [-0.2, 0) is 4.79 Å². The molecule has 0 saturated heterocycles. The van der Waals surface area contributed by atoms with Crippen molar-refractivity contribution >= 4 is 17.3 Å². The minimum absolute atomic E-state index is 0.00336. The van der Waals surface area contributed by atoms with Crippen LogP contribution in [0.1, 0.15) is 26.2 Å². The quantitative estimate of drug-likeness (QED) is 0.608. The number of hydrogen-bond acceptors (Lipinski definition) is 6. The SMILES string of the molecule is CCCC1=NN(C(=O)COc2ccc([N+](=O)[O-])cc2)C(O)(C(F)(F)F)C1. The molecule has 142 valence electrons. The molecule has 26 heavy (non-hydrogen) atoms. The number of rotatable bonds is 6. The zero-order valence-electron chi connectivity index (χ0n) is 13.7. The molecule has 0 saturated carbocycles. The molecule has 0 bridgehead atoms. The van der Waals surface area contributed by atoms with Crippen molar-refractivity contribution in [3.8, 4) is 5.75 Å². The lowest BCUT2D eigenvalue weighted by Crippen LogP contribution is -2.57. The van der Waals surface area contributed by atoms with E-state index in [0.717, 1.165) is 12.1 Å². The fourth-order valence-corrected chi connectivity index (χ4v) is 2.40. The smallest absolute Gasteiger partial charge is 0.438 e. The van der Waals surface area contributed by atoms with Crippen LogP contribution in [0.3, 0.4) is 0 Å². The molecule has 0 spiro atoms. The topological polar surface area (TPSA) is 105 Å². The van der Waals surface area contributed by atoms with Gasteiger partial charge in [-0.2, -0.15) is 23.3 Å². The maximum Gasteiger partial charge on any atom is 0.438 e. The summed E-state index contributed by atoms with van der Waals surface area (Å²) < 4.78 is 44.7. The number of hydrogen-bond donors (Lipinski definition) is 1. The number of nitro groups is 1. The average molecular weight is 375 g/mol. The molecule has 1 heterocycles.